The minimum absolute atomic E-state index is 0.156. The number of ether oxygens (including phenoxy) is 2. The zero-order valence-corrected chi connectivity index (χ0v) is 14.3. The van der Waals surface area contributed by atoms with Gasteiger partial charge in [-0.1, -0.05) is 0 Å². The number of hydrogen-bond acceptors (Lipinski definition) is 9. The van der Waals surface area contributed by atoms with Crippen LogP contribution in [0.4, 0.5) is 5.95 Å². The van der Waals surface area contributed by atoms with Crippen molar-refractivity contribution in [2.45, 2.75) is 24.7 Å². The van der Waals surface area contributed by atoms with Crippen LogP contribution in [0.25, 0.3) is 11.0 Å². The second kappa shape index (κ2) is 6.69. The predicted molar refractivity (Wildman–Crippen MR) is 87.2 cm³/mol. The van der Waals surface area contributed by atoms with Crippen LogP contribution in [0.15, 0.2) is 11.0 Å². The second-order valence-corrected chi connectivity index (χ2v) is 7.39. The maximum atomic E-state index is 12.1. The first-order valence-electron chi connectivity index (χ1n) is 7.37. The Labute approximate surface area is 149 Å². The number of hydrogen-bond donors (Lipinski definition) is 7. The lowest BCUT2D eigenvalue weighted by molar-refractivity contribution is -0.167. The summed E-state index contributed by atoms with van der Waals surface area (Å²) in [5, 5.41) is 20.0. The molecule has 9 N–H and O–H groups in total. The van der Waals surface area contributed by atoms with E-state index in [0.29, 0.717) is 0 Å². The standard InChI is InChI=1S/C12H16N5O9P/c13-7(20)3-1-17(8-4(3)9(21)16-12(14)15-8)10-5(18)6(19)11(26-10)25-2-27(22,23)24/h1,5-6,10-11,18-19H,2H2,(H2,13,20)(H2,22,23,24)(H3,14,15,16,21)/t5-,6?,10+,11-/m0/s1. The summed E-state index contributed by atoms with van der Waals surface area (Å²) in [7, 11) is -4.55. The van der Waals surface area contributed by atoms with Gasteiger partial charge in [0.1, 0.15) is 12.2 Å². The molecule has 0 radical (unpaired) electrons. The summed E-state index contributed by atoms with van der Waals surface area (Å²) >= 11 is 0. The van der Waals surface area contributed by atoms with Crippen molar-refractivity contribution in [2.75, 3.05) is 12.1 Å². The lowest BCUT2D eigenvalue weighted by atomic mass is 10.2. The summed E-state index contributed by atoms with van der Waals surface area (Å²) in [6, 6.07) is 0. The number of nitrogens with zero attached hydrogens (tertiary/aromatic N) is 2. The number of carbonyl (C=O) groups excluding carboxylic acids is 1. The van der Waals surface area contributed by atoms with E-state index in [9.17, 15) is 24.4 Å². The van der Waals surface area contributed by atoms with E-state index in [2.05, 4.69) is 9.97 Å². The number of aromatic nitrogens is 3. The summed E-state index contributed by atoms with van der Waals surface area (Å²) in [4.78, 5) is 47.5. The maximum absolute atomic E-state index is 12.1. The molecule has 3 rings (SSSR count). The third-order valence-electron chi connectivity index (χ3n) is 3.84. The van der Waals surface area contributed by atoms with Crippen molar-refractivity contribution in [1.29, 1.82) is 0 Å². The molecule has 0 bridgehead atoms. The molecule has 0 saturated carbocycles. The van der Waals surface area contributed by atoms with E-state index in [4.69, 9.17) is 30.7 Å². The number of anilines is 1. The number of rotatable bonds is 5. The molecule has 148 valence electrons. The summed E-state index contributed by atoms with van der Waals surface area (Å²) in [5.41, 5.74) is 9.61. The van der Waals surface area contributed by atoms with E-state index in [1.165, 1.54) is 0 Å². The van der Waals surface area contributed by atoms with Gasteiger partial charge in [0, 0.05) is 6.20 Å². The number of H-pyrrole nitrogens is 1. The average Bonchev–Trinajstić information content (AvgIpc) is 3.04. The van der Waals surface area contributed by atoms with E-state index in [1.807, 2.05) is 0 Å². The van der Waals surface area contributed by atoms with Crippen LogP contribution in [-0.2, 0) is 14.0 Å². The van der Waals surface area contributed by atoms with Crippen LogP contribution in [0.1, 0.15) is 16.6 Å². The molecule has 1 amide bonds. The van der Waals surface area contributed by atoms with Crippen LogP contribution in [0.5, 0.6) is 0 Å². The Kier molecular flexibility index (Phi) is 4.81. The molecule has 2 aromatic rings. The van der Waals surface area contributed by atoms with Crippen LogP contribution < -0.4 is 17.0 Å². The summed E-state index contributed by atoms with van der Waals surface area (Å²) in [6.45, 7) is 0. The van der Waals surface area contributed by atoms with Crippen molar-refractivity contribution >= 4 is 30.5 Å². The first kappa shape index (κ1) is 19.4. The minimum atomic E-state index is -4.55. The van der Waals surface area contributed by atoms with Crippen molar-refractivity contribution < 1.29 is 38.8 Å². The monoisotopic (exact) mass is 405 g/mol. The number of amides is 1. The fraction of sp³-hybridized carbons (Fsp3) is 0.417. The minimum Gasteiger partial charge on any atom is -0.385 e. The van der Waals surface area contributed by atoms with Crippen LogP contribution in [0.3, 0.4) is 0 Å². The smallest absolute Gasteiger partial charge is 0.351 e. The van der Waals surface area contributed by atoms with E-state index in [0.717, 1.165) is 10.8 Å². The lowest BCUT2D eigenvalue weighted by Crippen LogP contribution is -2.33. The molecule has 1 saturated heterocycles. The molecular weight excluding hydrogens is 389 g/mol. The van der Waals surface area contributed by atoms with E-state index >= 15 is 0 Å². The van der Waals surface area contributed by atoms with Crippen molar-refractivity contribution in [3.8, 4) is 0 Å². The number of aliphatic hydroxyl groups excluding tert-OH is 2. The molecule has 27 heavy (non-hydrogen) atoms. The molecule has 4 atom stereocenters. The zero-order chi connectivity index (χ0) is 20.1. The van der Waals surface area contributed by atoms with Gasteiger partial charge in [-0.25, -0.2) is 0 Å². The Morgan fingerprint density at radius 3 is 2.67 bits per heavy atom. The van der Waals surface area contributed by atoms with Crippen molar-refractivity contribution in [3.63, 3.8) is 0 Å². The molecular formula is C12H16N5O9P. The van der Waals surface area contributed by atoms with Crippen molar-refractivity contribution in [2.24, 2.45) is 5.73 Å². The molecule has 3 heterocycles. The van der Waals surface area contributed by atoms with Gasteiger partial charge >= 0.3 is 7.60 Å². The molecule has 1 unspecified atom stereocenters. The van der Waals surface area contributed by atoms with Crippen LogP contribution in [-0.4, -0.2) is 65.3 Å². The first-order valence-corrected chi connectivity index (χ1v) is 9.17. The number of aromatic amines is 1. The van der Waals surface area contributed by atoms with Gasteiger partial charge in [0.25, 0.3) is 11.5 Å². The van der Waals surface area contributed by atoms with Gasteiger partial charge in [0.2, 0.25) is 5.95 Å². The molecule has 1 fully saturated rings. The van der Waals surface area contributed by atoms with Gasteiger partial charge in [-0.05, 0) is 0 Å². The molecule has 0 aliphatic carbocycles. The lowest BCUT2D eigenvalue weighted by Gasteiger charge is -2.17. The fourth-order valence-corrected chi connectivity index (χ4v) is 3.06. The van der Waals surface area contributed by atoms with Gasteiger partial charge < -0.3 is 45.5 Å². The molecule has 0 aromatic carbocycles. The summed E-state index contributed by atoms with van der Waals surface area (Å²) in [6.07, 6.45) is -6.31. The Hall–Kier alpha value is -2.32. The Balaban J connectivity index is 2.03. The molecule has 0 spiro atoms. The fourth-order valence-electron chi connectivity index (χ4n) is 2.72. The number of carbonyl (C=O) groups is 1. The Morgan fingerprint density at radius 2 is 2.07 bits per heavy atom. The van der Waals surface area contributed by atoms with Crippen LogP contribution in [0.2, 0.25) is 0 Å². The first-order chi connectivity index (χ1) is 12.5. The highest BCUT2D eigenvalue weighted by Gasteiger charge is 2.46. The number of nitrogens with one attached hydrogen (secondary N) is 1. The molecule has 15 heteroatoms. The topological polar surface area (TPSA) is 236 Å². The molecule has 14 nitrogen and oxygen atoms in total. The summed E-state index contributed by atoms with van der Waals surface area (Å²) in [5.74, 6) is -1.25. The van der Waals surface area contributed by atoms with E-state index in [-0.39, 0.29) is 22.5 Å². The summed E-state index contributed by atoms with van der Waals surface area (Å²) < 4.78 is 22.1. The van der Waals surface area contributed by atoms with E-state index < -0.39 is 50.1 Å². The van der Waals surface area contributed by atoms with Gasteiger partial charge in [0.15, 0.2) is 24.5 Å². The Bertz CT molecular complexity index is 997. The number of primary amides is 1. The third-order valence-corrected chi connectivity index (χ3v) is 4.33. The largest absolute Gasteiger partial charge is 0.385 e. The second-order valence-electron chi connectivity index (χ2n) is 5.80. The van der Waals surface area contributed by atoms with Crippen molar-refractivity contribution in [1.82, 2.24) is 14.5 Å². The van der Waals surface area contributed by atoms with E-state index in [1.54, 1.807) is 0 Å². The van der Waals surface area contributed by atoms with Gasteiger partial charge in [-0.15, -0.1) is 0 Å². The zero-order valence-electron chi connectivity index (χ0n) is 13.4. The van der Waals surface area contributed by atoms with Crippen LogP contribution >= 0.6 is 7.60 Å². The van der Waals surface area contributed by atoms with Gasteiger partial charge in [-0.3, -0.25) is 19.1 Å². The third kappa shape index (κ3) is 3.59. The quantitative estimate of drug-likeness (QED) is 0.250. The van der Waals surface area contributed by atoms with Crippen LogP contribution in [0, 0.1) is 0 Å². The van der Waals surface area contributed by atoms with Gasteiger partial charge in [0.05, 0.1) is 10.9 Å². The average molecular weight is 405 g/mol. The maximum Gasteiger partial charge on any atom is 0.351 e. The van der Waals surface area contributed by atoms with Crippen molar-refractivity contribution in [3.05, 3.63) is 22.1 Å². The number of aliphatic hydroxyl groups is 2. The molecule has 2 aromatic heterocycles. The molecule has 1 aliphatic rings. The number of nitrogens with two attached hydrogens (primary N) is 2. The number of fused-ring (bicyclic) bond motifs is 1. The highest BCUT2D eigenvalue weighted by Crippen LogP contribution is 2.38. The Morgan fingerprint density at radius 1 is 1.41 bits per heavy atom. The normalized spacial score (nSPS) is 25.9. The SMILES string of the molecule is NC(=O)c1cn([C@@H]2O[C@H](OCP(=O)(O)O)C(O)[C@@H]2O)c2nc(N)[nH]c(=O)c12. The highest BCUT2D eigenvalue weighted by atomic mass is 31.2. The number of nitrogen functional groups attached to an aromatic ring is 1. The highest BCUT2D eigenvalue weighted by molar-refractivity contribution is 7.51. The molecule has 1 aliphatic heterocycles. The predicted octanol–water partition coefficient (Wildman–Crippen LogP) is -2.87. The van der Waals surface area contributed by atoms with Gasteiger partial charge in [-0.2, -0.15) is 4.98 Å².